The lowest BCUT2D eigenvalue weighted by Crippen LogP contribution is -2.53. The van der Waals surface area contributed by atoms with E-state index >= 15 is 0 Å². The zero-order valence-electron chi connectivity index (χ0n) is 11.4. The van der Waals surface area contributed by atoms with E-state index < -0.39 is 36.0 Å². The Bertz CT molecular complexity index is 312. The highest BCUT2D eigenvalue weighted by molar-refractivity contribution is 5.85. The van der Waals surface area contributed by atoms with E-state index in [4.69, 9.17) is 10.2 Å². The van der Waals surface area contributed by atoms with Gasteiger partial charge >= 0.3 is 5.97 Å². The average molecular weight is 261 g/mol. The van der Waals surface area contributed by atoms with Crippen LogP contribution in [0, 0.1) is 11.3 Å². The molecular formula is C12H23NO5. The van der Waals surface area contributed by atoms with Gasteiger partial charge in [-0.05, 0) is 19.8 Å². The number of aliphatic carboxylic acids is 1. The van der Waals surface area contributed by atoms with E-state index in [0.717, 1.165) is 0 Å². The first-order valence-corrected chi connectivity index (χ1v) is 5.87. The molecule has 0 radical (unpaired) electrons. The number of rotatable bonds is 7. The first kappa shape index (κ1) is 16.9. The highest BCUT2D eigenvalue weighted by atomic mass is 16.4. The maximum Gasteiger partial charge on any atom is 0.310 e. The molecule has 0 aliphatic rings. The quantitative estimate of drug-likeness (QED) is 0.515. The van der Waals surface area contributed by atoms with Gasteiger partial charge in [-0.2, -0.15) is 0 Å². The molecule has 106 valence electrons. The molecule has 0 aromatic heterocycles. The van der Waals surface area contributed by atoms with E-state index in [1.165, 1.54) is 13.8 Å². The Labute approximate surface area is 107 Å². The Balaban J connectivity index is 4.79. The minimum atomic E-state index is -1.17. The van der Waals surface area contributed by atoms with E-state index in [1.54, 1.807) is 13.8 Å². The van der Waals surface area contributed by atoms with Gasteiger partial charge in [0.2, 0.25) is 5.91 Å². The van der Waals surface area contributed by atoms with Crippen LogP contribution in [0.4, 0.5) is 0 Å². The van der Waals surface area contributed by atoms with Crippen LogP contribution in [0.1, 0.15) is 34.1 Å². The molecule has 0 rings (SSSR count). The SMILES string of the molecule is CC(C)C(C)(CC(=O)NC(C)(CO)CO)C(=O)O. The molecule has 0 aliphatic carbocycles. The lowest BCUT2D eigenvalue weighted by molar-refractivity contribution is -0.154. The maximum absolute atomic E-state index is 11.8. The first-order valence-electron chi connectivity index (χ1n) is 5.87. The fourth-order valence-corrected chi connectivity index (χ4v) is 1.37. The van der Waals surface area contributed by atoms with Crippen molar-refractivity contribution in [2.45, 2.75) is 39.7 Å². The van der Waals surface area contributed by atoms with Crippen molar-refractivity contribution >= 4 is 11.9 Å². The summed E-state index contributed by atoms with van der Waals surface area (Å²) < 4.78 is 0. The number of aliphatic hydroxyl groups excluding tert-OH is 2. The number of carboxylic acid groups (broad SMARTS) is 1. The van der Waals surface area contributed by atoms with Gasteiger partial charge in [0.1, 0.15) is 0 Å². The summed E-state index contributed by atoms with van der Waals surface area (Å²) >= 11 is 0. The Kier molecular flexibility index (Phi) is 5.76. The van der Waals surface area contributed by atoms with Crippen LogP contribution in [0.15, 0.2) is 0 Å². The highest BCUT2D eigenvalue weighted by Gasteiger charge is 2.40. The molecule has 0 fully saturated rings. The van der Waals surface area contributed by atoms with Crippen molar-refractivity contribution in [3.05, 3.63) is 0 Å². The predicted molar refractivity (Wildman–Crippen MR) is 65.9 cm³/mol. The predicted octanol–water partition coefficient (Wildman–Crippen LogP) is -0.0171. The van der Waals surface area contributed by atoms with Crippen LogP contribution in [0.2, 0.25) is 0 Å². The van der Waals surface area contributed by atoms with Crippen molar-refractivity contribution in [3.8, 4) is 0 Å². The van der Waals surface area contributed by atoms with Crippen LogP contribution < -0.4 is 5.32 Å². The molecule has 0 saturated heterocycles. The molecule has 1 atom stereocenters. The van der Waals surface area contributed by atoms with Crippen LogP contribution in [-0.4, -0.2) is 45.9 Å². The van der Waals surface area contributed by atoms with Crippen LogP contribution in [0.25, 0.3) is 0 Å². The molecule has 0 spiro atoms. The summed E-state index contributed by atoms with van der Waals surface area (Å²) in [7, 11) is 0. The minimum Gasteiger partial charge on any atom is -0.481 e. The van der Waals surface area contributed by atoms with Crippen LogP contribution in [0.3, 0.4) is 0 Å². The zero-order valence-corrected chi connectivity index (χ0v) is 11.4. The number of hydrogen-bond donors (Lipinski definition) is 4. The van der Waals surface area contributed by atoms with Crippen molar-refractivity contribution < 1.29 is 24.9 Å². The minimum absolute atomic E-state index is 0.199. The van der Waals surface area contributed by atoms with Gasteiger partial charge < -0.3 is 20.6 Å². The van der Waals surface area contributed by atoms with E-state index in [-0.39, 0.29) is 12.3 Å². The lowest BCUT2D eigenvalue weighted by Gasteiger charge is -2.31. The highest BCUT2D eigenvalue weighted by Crippen LogP contribution is 2.31. The second-order valence-corrected chi connectivity index (χ2v) is 5.48. The van der Waals surface area contributed by atoms with Crippen LogP contribution >= 0.6 is 0 Å². The van der Waals surface area contributed by atoms with Gasteiger partial charge in [0.05, 0.1) is 24.2 Å². The van der Waals surface area contributed by atoms with Crippen molar-refractivity contribution in [1.82, 2.24) is 5.32 Å². The molecule has 0 bridgehead atoms. The smallest absolute Gasteiger partial charge is 0.310 e. The van der Waals surface area contributed by atoms with Crippen molar-refractivity contribution in [3.63, 3.8) is 0 Å². The number of aliphatic hydroxyl groups is 2. The summed E-state index contributed by atoms with van der Waals surface area (Å²) in [5.74, 6) is -1.75. The van der Waals surface area contributed by atoms with E-state index in [9.17, 15) is 14.7 Å². The topological polar surface area (TPSA) is 107 Å². The normalized spacial score (nSPS) is 15.3. The monoisotopic (exact) mass is 261 g/mol. The van der Waals surface area contributed by atoms with E-state index in [2.05, 4.69) is 5.32 Å². The fourth-order valence-electron chi connectivity index (χ4n) is 1.37. The Hall–Kier alpha value is -1.14. The molecule has 1 unspecified atom stereocenters. The Morgan fingerprint density at radius 3 is 1.89 bits per heavy atom. The van der Waals surface area contributed by atoms with Gasteiger partial charge in [0.25, 0.3) is 0 Å². The van der Waals surface area contributed by atoms with Gasteiger partial charge in [-0.3, -0.25) is 9.59 Å². The summed E-state index contributed by atoms with van der Waals surface area (Å²) in [6, 6.07) is 0. The average Bonchev–Trinajstić information content (AvgIpc) is 2.27. The Morgan fingerprint density at radius 1 is 1.17 bits per heavy atom. The second kappa shape index (κ2) is 6.15. The van der Waals surface area contributed by atoms with E-state index in [1.807, 2.05) is 0 Å². The molecule has 0 heterocycles. The first-order chi connectivity index (χ1) is 8.11. The number of carbonyl (C=O) groups excluding carboxylic acids is 1. The third-order valence-electron chi connectivity index (χ3n) is 3.43. The third-order valence-corrected chi connectivity index (χ3v) is 3.43. The van der Waals surface area contributed by atoms with Crippen molar-refractivity contribution in [2.75, 3.05) is 13.2 Å². The van der Waals surface area contributed by atoms with E-state index in [0.29, 0.717) is 0 Å². The summed E-state index contributed by atoms with van der Waals surface area (Å²) in [5.41, 5.74) is -2.30. The molecule has 4 N–H and O–H groups in total. The second-order valence-electron chi connectivity index (χ2n) is 5.48. The number of amides is 1. The number of nitrogens with one attached hydrogen (secondary N) is 1. The van der Waals surface area contributed by atoms with Crippen molar-refractivity contribution in [1.29, 1.82) is 0 Å². The molecule has 0 aliphatic heterocycles. The maximum atomic E-state index is 11.8. The molecule has 6 heteroatoms. The molecule has 0 aromatic carbocycles. The molecule has 18 heavy (non-hydrogen) atoms. The molecule has 0 saturated carbocycles. The van der Waals surface area contributed by atoms with Crippen molar-refractivity contribution in [2.24, 2.45) is 11.3 Å². The lowest BCUT2D eigenvalue weighted by atomic mass is 9.76. The number of carbonyl (C=O) groups is 2. The van der Waals surface area contributed by atoms with Gasteiger partial charge in [-0.15, -0.1) is 0 Å². The number of hydrogen-bond acceptors (Lipinski definition) is 4. The summed E-state index contributed by atoms with van der Waals surface area (Å²) in [6.45, 7) is 5.63. The third kappa shape index (κ3) is 3.96. The van der Waals surface area contributed by atoms with Gasteiger partial charge in [-0.1, -0.05) is 13.8 Å². The molecule has 1 amide bonds. The van der Waals surface area contributed by atoms with Crippen LogP contribution in [0.5, 0.6) is 0 Å². The molecular weight excluding hydrogens is 238 g/mol. The zero-order chi connectivity index (χ0) is 14.6. The Morgan fingerprint density at radius 2 is 1.61 bits per heavy atom. The molecule has 6 nitrogen and oxygen atoms in total. The summed E-state index contributed by atoms with van der Waals surface area (Å²) in [5, 5.41) is 29.8. The van der Waals surface area contributed by atoms with Gasteiger partial charge in [0.15, 0.2) is 0 Å². The molecule has 0 aromatic rings. The standard InChI is InChI=1S/C12H23NO5/c1-8(2)12(4,10(17)18)5-9(16)13-11(3,6-14)7-15/h8,14-15H,5-7H2,1-4H3,(H,13,16)(H,17,18). The van der Waals surface area contributed by atoms with Gasteiger partial charge in [-0.25, -0.2) is 0 Å². The van der Waals surface area contributed by atoms with Gasteiger partial charge in [0, 0.05) is 6.42 Å². The fraction of sp³-hybridized carbons (Fsp3) is 0.833. The summed E-state index contributed by atoms with van der Waals surface area (Å²) in [4.78, 5) is 23.0. The summed E-state index contributed by atoms with van der Waals surface area (Å²) in [6.07, 6.45) is -0.199. The largest absolute Gasteiger partial charge is 0.481 e. The number of carboxylic acids is 1. The van der Waals surface area contributed by atoms with Crippen LogP contribution in [-0.2, 0) is 9.59 Å².